The summed E-state index contributed by atoms with van der Waals surface area (Å²) in [6.45, 7) is 9.36. The summed E-state index contributed by atoms with van der Waals surface area (Å²) >= 11 is 0. The van der Waals surface area contributed by atoms with Gasteiger partial charge in [-0.15, -0.1) is 0 Å². The molecule has 28 heavy (non-hydrogen) atoms. The van der Waals surface area contributed by atoms with Crippen molar-refractivity contribution in [3.8, 4) is 0 Å². The SMILES string of the molecule is C=CC(=O)N(CC)CC(=O)N1CC(c2cccc(C(F)(F)F)c2)OC(C)(C)C1. The van der Waals surface area contributed by atoms with Gasteiger partial charge in [0.05, 0.1) is 24.3 Å². The number of hydrogen-bond donors (Lipinski definition) is 0. The van der Waals surface area contributed by atoms with Crippen LogP contribution in [0.1, 0.15) is 38.0 Å². The molecule has 1 saturated heterocycles. The van der Waals surface area contributed by atoms with Gasteiger partial charge in [-0.05, 0) is 44.5 Å². The van der Waals surface area contributed by atoms with Crippen molar-refractivity contribution in [2.24, 2.45) is 0 Å². The molecule has 5 nitrogen and oxygen atoms in total. The number of rotatable bonds is 5. The Morgan fingerprint density at radius 3 is 2.64 bits per heavy atom. The van der Waals surface area contributed by atoms with Crippen molar-refractivity contribution in [1.29, 1.82) is 0 Å². The lowest BCUT2D eigenvalue weighted by atomic mass is 9.99. The summed E-state index contributed by atoms with van der Waals surface area (Å²) in [4.78, 5) is 27.4. The lowest BCUT2D eigenvalue weighted by Crippen LogP contribution is -2.54. The number of hydrogen-bond acceptors (Lipinski definition) is 3. The number of morpholine rings is 1. The summed E-state index contributed by atoms with van der Waals surface area (Å²) in [6.07, 6.45) is -4.01. The zero-order chi connectivity index (χ0) is 21.1. The third-order valence-electron chi connectivity index (χ3n) is 4.55. The van der Waals surface area contributed by atoms with Crippen molar-refractivity contribution >= 4 is 11.8 Å². The number of alkyl halides is 3. The summed E-state index contributed by atoms with van der Waals surface area (Å²) in [7, 11) is 0. The predicted molar refractivity (Wildman–Crippen MR) is 98.4 cm³/mol. The van der Waals surface area contributed by atoms with Crippen molar-refractivity contribution < 1.29 is 27.5 Å². The molecule has 1 heterocycles. The van der Waals surface area contributed by atoms with Crippen molar-refractivity contribution in [2.75, 3.05) is 26.2 Å². The normalized spacial score (nSPS) is 19.2. The van der Waals surface area contributed by atoms with Crippen LogP contribution < -0.4 is 0 Å². The Kier molecular flexibility index (Phi) is 6.54. The Balaban J connectivity index is 2.22. The van der Waals surface area contributed by atoms with E-state index in [1.165, 1.54) is 15.9 Å². The fourth-order valence-electron chi connectivity index (χ4n) is 3.20. The number of amides is 2. The first kappa shape index (κ1) is 21.9. The van der Waals surface area contributed by atoms with Gasteiger partial charge in [0, 0.05) is 13.1 Å². The van der Waals surface area contributed by atoms with E-state index in [0.29, 0.717) is 12.1 Å². The maximum Gasteiger partial charge on any atom is 0.416 e. The van der Waals surface area contributed by atoms with Gasteiger partial charge < -0.3 is 14.5 Å². The second kappa shape index (κ2) is 8.34. The van der Waals surface area contributed by atoms with E-state index < -0.39 is 23.4 Å². The first-order valence-corrected chi connectivity index (χ1v) is 9.01. The average molecular weight is 398 g/mol. The molecule has 0 aliphatic carbocycles. The number of likely N-dealkylation sites (N-methyl/N-ethyl adjacent to an activating group) is 1. The Morgan fingerprint density at radius 2 is 2.07 bits per heavy atom. The van der Waals surface area contributed by atoms with Gasteiger partial charge in [0.2, 0.25) is 11.8 Å². The second-order valence-electron chi connectivity index (χ2n) is 7.32. The van der Waals surface area contributed by atoms with Gasteiger partial charge in [-0.1, -0.05) is 18.7 Å². The summed E-state index contributed by atoms with van der Waals surface area (Å²) in [5.41, 5.74) is -1.15. The second-order valence-corrected chi connectivity index (χ2v) is 7.32. The number of nitrogens with zero attached hydrogens (tertiary/aromatic N) is 2. The van der Waals surface area contributed by atoms with E-state index in [4.69, 9.17) is 4.74 Å². The molecule has 0 bridgehead atoms. The van der Waals surface area contributed by atoms with Gasteiger partial charge in [-0.3, -0.25) is 9.59 Å². The summed E-state index contributed by atoms with van der Waals surface area (Å²) in [6, 6.07) is 4.94. The van der Waals surface area contributed by atoms with Crippen LogP contribution in [0.15, 0.2) is 36.9 Å². The molecule has 0 radical (unpaired) electrons. The molecule has 1 aromatic rings. The Bertz CT molecular complexity index is 746. The van der Waals surface area contributed by atoms with Crippen molar-refractivity contribution in [3.05, 3.63) is 48.0 Å². The van der Waals surface area contributed by atoms with E-state index in [0.717, 1.165) is 18.2 Å². The maximum atomic E-state index is 13.0. The Morgan fingerprint density at radius 1 is 1.39 bits per heavy atom. The highest BCUT2D eigenvalue weighted by Crippen LogP contribution is 2.35. The fraction of sp³-hybridized carbons (Fsp3) is 0.500. The van der Waals surface area contributed by atoms with Crippen LogP contribution in [0.5, 0.6) is 0 Å². The van der Waals surface area contributed by atoms with Gasteiger partial charge in [0.25, 0.3) is 0 Å². The van der Waals surface area contributed by atoms with Crippen LogP contribution in [0.25, 0.3) is 0 Å². The van der Waals surface area contributed by atoms with E-state index in [-0.39, 0.29) is 31.4 Å². The molecule has 0 N–H and O–H groups in total. The first-order valence-electron chi connectivity index (χ1n) is 9.01. The molecule has 2 rings (SSSR count). The van der Waals surface area contributed by atoms with Crippen LogP contribution in [-0.2, 0) is 20.5 Å². The highest BCUT2D eigenvalue weighted by Gasteiger charge is 2.38. The van der Waals surface area contributed by atoms with E-state index in [2.05, 4.69) is 6.58 Å². The minimum atomic E-state index is -4.46. The first-order chi connectivity index (χ1) is 13.0. The predicted octanol–water partition coefficient (Wildman–Crippen LogP) is 3.42. The third-order valence-corrected chi connectivity index (χ3v) is 4.55. The lowest BCUT2D eigenvalue weighted by molar-refractivity contribution is -0.164. The van der Waals surface area contributed by atoms with Crippen molar-refractivity contribution in [1.82, 2.24) is 9.80 Å². The molecule has 1 atom stereocenters. The van der Waals surface area contributed by atoms with E-state index in [9.17, 15) is 22.8 Å². The fourth-order valence-corrected chi connectivity index (χ4v) is 3.20. The number of ether oxygens (including phenoxy) is 1. The minimum absolute atomic E-state index is 0.114. The molecule has 8 heteroatoms. The Hall–Kier alpha value is -2.35. The van der Waals surface area contributed by atoms with E-state index in [1.54, 1.807) is 26.8 Å². The zero-order valence-corrected chi connectivity index (χ0v) is 16.3. The largest absolute Gasteiger partial charge is 0.416 e. The van der Waals surface area contributed by atoms with Crippen LogP contribution in [0.2, 0.25) is 0 Å². The molecule has 0 spiro atoms. The smallest absolute Gasteiger partial charge is 0.364 e. The van der Waals surface area contributed by atoms with Gasteiger partial charge >= 0.3 is 6.18 Å². The average Bonchev–Trinajstić information content (AvgIpc) is 2.63. The van der Waals surface area contributed by atoms with Crippen LogP contribution in [0.3, 0.4) is 0 Å². The number of halogens is 3. The molecule has 1 unspecified atom stereocenters. The van der Waals surface area contributed by atoms with Gasteiger partial charge in [-0.25, -0.2) is 0 Å². The Labute approximate surface area is 162 Å². The molecule has 154 valence electrons. The van der Waals surface area contributed by atoms with Crippen LogP contribution in [-0.4, -0.2) is 53.4 Å². The van der Waals surface area contributed by atoms with E-state index in [1.807, 2.05) is 0 Å². The lowest BCUT2D eigenvalue weighted by Gasteiger charge is -2.43. The molecule has 0 saturated carbocycles. The standard InChI is InChI=1S/C20H25F3N2O3/c1-5-17(26)24(6-2)12-18(27)25-11-16(28-19(3,4)13-25)14-8-7-9-15(10-14)20(21,22)23/h5,7-10,16H,1,6,11-13H2,2-4H3. The topological polar surface area (TPSA) is 49.9 Å². The molecule has 1 aliphatic rings. The molecule has 1 aliphatic heterocycles. The molecular weight excluding hydrogens is 373 g/mol. The van der Waals surface area contributed by atoms with Gasteiger partial charge in [0.1, 0.15) is 6.10 Å². The molecule has 1 fully saturated rings. The van der Waals surface area contributed by atoms with Crippen molar-refractivity contribution in [2.45, 2.75) is 38.7 Å². The molecule has 1 aromatic carbocycles. The number of carbonyl (C=O) groups is 2. The zero-order valence-electron chi connectivity index (χ0n) is 16.3. The maximum absolute atomic E-state index is 13.0. The summed E-state index contributed by atoms with van der Waals surface area (Å²) in [5, 5.41) is 0. The van der Waals surface area contributed by atoms with Gasteiger partial charge in [0.15, 0.2) is 0 Å². The molecular formula is C20H25F3N2O3. The highest BCUT2D eigenvalue weighted by molar-refractivity contribution is 5.90. The third kappa shape index (κ3) is 5.34. The summed E-state index contributed by atoms with van der Waals surface area (Å²) in [5.74, 6) is -0.636. The number of carbonyl (C=O) groups excluding carboxylic acids is 2. The molecule has 2 amide bonds. The van der Waals surface area contributed by atoms with Crippen LogP contribution in [0.4, 0.5) is 13.2 Å². The molecule has 0 aromatic heterocycles. The number of benzene rings is 1. The van der Waals surface area contributed by atoms with Gasteiger partial charge in [-0.2, -0.15) is 13.2 Å². The van der Waals surface area contributed by atoms with E-state index >= 15 is 0 Å². The minimum Gasteiger partial charge on any atom is -0.364 e. The van der Waals surface area contributed by atoms with Crippen LogP contribution >= 0.6 is 0 Å². The quantitative estimate of drug-likeness (QED) is 0.715. The highest BCUT2D eigenvalue weighted by atomic mass is 19.4. The van der Waals surface area contributed by atoms with Crippen molar-refractivity contribution in [3.63, 3.8) is 0 Å². The summed E-state index contributed by atoms with van der Waals surface area (Å²) < 4.78 is 45.0. The van der Waals surface area contributed by atoms with Crippen LogP contribution in [0, 0.1) is 0 Å². The monoisotopic (exact) mass is 398 g/mol.